The Kier molecular flexibility index (Phi) is 7.28. The van der Waals surface area contributed by atoms with Gasteiger partial charge >= 0.3 is 0 Å². The van der Waals surface area contributed by atoms with Crippen molar-refractivity contribution >= 4 is 9.76 Å². The summed E-state index contributed by atoms with van der Waals surface area (Å²) in [6.07, 6.45) is 2.02. The van der Waals surface area contributed by atoms with Crippen molar-refractivity contribution in [1.29, 1.82) is 0 Å². The molecule has 10 heavy (non-hydrogen) atoms. The van der Waals surface area contributed by atoms with E-state index < -0.39 is 0 Å². The molecule has 4 N–H and O–H groups in total. The highest BCUT2D eigenvalue weighted by molar-refractivity contribution is 6.26. The zero-order valence-corrected chi connectivity index (χ0v) is 8.09. The van der Waals surface area contributed by atoms with Gasteiger partial charge in [0.05, 0.1) is 0 Å². The third kappa shape index (κ3) is 6.22. The second-order valence-corrected chi connectivity index (χ2v) is 4.17. The molecule has 0 heterocycles. The molecule has 0 aromatic rings. The lowest BCUT2D eigenvalue weighted by molar-refractivity contribution is 0.436. The first kappa shape index (κ1) is 10.1. The Morgan fingerprint density at radius 1 is 1.50 bits per heavy atom. The van der Waals surface area contributed by atoms with E-state index in [1.54, 1.807) is 7.11 Å². The van der Waals surface area contributed by atoms with Crippen LogP contribution in [0.15, 0.2) is 0 Å². The van der Waals surface area contributed by atoms with Gasteiger partial charge in [-0.05, 0) is 25.4 Å². The lowest BCUT2D eigenvalue weighted by atomic mass is 10.2. The molecule has 0 saturated carbocycles. The fourth-order valence-electron chi connectivity index (χ4n) is 0.848. The second-order valence-electron chi connectivity index (χ2n) is 2.47. The van der Waals surface area contributed by atoms with Crippen molar-refractivity contribution in [2.24, 2.45) is 11.5 Å². The molecule has 0 aliphatic carbocycles. The minimum Gasteiger partial charge on any atom is -0.427 e. The molecule has 4 heteroatoms. The Morgan fingerprint density at radius 3 is 2.70 bits per heavy atom. The molecule has 0 fully saturated rings. The molecule has 0 bridgehead atoms. The Balaban J connectivity index is 2.97. The monoisotopic (exact) mass is 162 g/mol. The second kappa shape index (κ2) is 7.21. The molecule has 0 spiro atoms. The smallest absolute Gasteiger partial charge is 0.161 e. The van der Waals surface area contributed by atoms with Crippen LogP contribution in [0.4, 0.5) is 0 Å². The molecule has 0 aromatic heterocycles. The molecule has 0 radical (unpaired) electrons. The van der Waals surface area contributed by atoms with Crippen LogP contribution in [-0.4, -0.2) is 29.5 Å². The number of hydrogen-bond acceptors (Lipinski definition) is 3. The molecule has 1 unspecified atom stereocenters. The van der Waals surface area contributed by atoms with Crippen LogP contribution < -0.4 is 11.5 Å². The lowest BCUT2D eigenvalue weighted by Gasteiger charge is -2.07. The largest absolute Gasteiger partial charge is 0.427 e. The van der Waals surface area contributed by atoms with E-state index in [2.05, 4.69) is 0 Å². The average molecular weight is 162 g/mol. The molecule has 0 aromatic carbocycles. The van der Waals surface area contributed by atoms with Crippen LogP contribution in [-0.2, 0) is 4.43 Å². The normalized spacial score (nSPS) is 14.7. The van der Waals surface area contributed by atoms with Crippen molar-refractivity contribution in [3.05, 3.63) is 0 Å². The fraction of sp³-hybridized carbons (Fsp3) is 1.00. The van der Waals surface area contributed by atoms with Crippen molar-refractivity contribution in [3.8, 4) is 0 Å². The predicted molar refractivity (Wildman–Crippen MR) is 46.6 cm³/mol. The summed E-state index contributed by atoms with van der Waals surface area (Å²) in [4.78, 5) is 0. The maximum Gasteiger partial charge on any atom is 0.161 e. The van der Waals surface area contributed by atoms with Crippen LogP contribution in [0, 0.1) is 0 Å². The first-order chi connectivity index (χ1) is 4.81. The molecular weight excluding hydrogens is 144 g/mol. The van der Waals surface area contributed by atoms with Gasteiger partial charge in [-0.15, -0.1) is 0 Å². The molecular formula is C6H18N2OSi. The maximum atomic E-state index is 5.71. The topological polar surface area (TPSA) is 61.3 Å². The third-order valence-electron chi connectivity index (χ3n) is 1.46. The van der Waals surface area contributed by atoms with Crippen molar-refractivity contribution in [2.45, 2.75) is 24.9 Å². The Labute approximate surface area is 65.1 Å². The minimum atomic E-state index is -0.259. The maximum absolute atomic E-state index is 5.71. The standard InChI is InChI=1S/C6H18N2OSi/c1-9-10-5-3-6(8)2-4-7/h6H,2-5,7-8,10H2,1H3. The van der Waals surface area contributed by atoms with Gasteiger partial charge in [0.1, 0.15) is 0 Å². The highest BCUT2D eigenvalue weighted by Crippen LogP contribution is 1.97. The van der Waals surface area contributed by atoms with E-state index in [1.807, 2.05) is 0 Å². The molecule has 1 atom stereocenters. The zero-order valence-electron chi connectivity index (χ0n) is 6.68. The van der Waals surface area contributed by atoms with Gasteiger partial charge in [0.15, 0.2) is 9.76 Å². The highest BCUT2D eigenvalue weighted by Gasteiger charge is 1.99. The summed E-state index contributed by atoms with van der Waals surface area (Å²) < 4.78 is 5.02. The number of rotatable bonds is 6. The first-order valence-electron chi connectivity index (χ1n) is 3.76. The van der Waals surface area contributed by atoms with Gasteiger partial charge in [0.25, 0.3) is 0 Å². The zero-order chi connectivity index (χ0) is 7.82. The van der Waals surface area contributed by atoms with E-state index in [4.69, 9.17) is 15.9 Å². The van der Waals surface area contributed by atoms with Gasteiger partial charge < -0.3 is 15.9 Å². The van der Waals surface area contributed by atoms with Gasteiger partial charge in [-0.1, -0.05) is 0 Å². The van der Waals surface area contributed by atoms with Gasteiger partial charge in [-0.2, -0.15) is 0 Å². The summed E-state index contributed by atoms with van der Waals surface area (Å²) in [6.45, 7) is 0.704. The lowest BCUT2D eigenvalue weighted by Crippen LogP contribution is -2.23. The number of nitrogens with two attached hydrogens (primary N) is 2. The molecule has 0 aliphatic rings. The molecule has 3 nitrogen and oxygen atoms in total. The Bertz CT molecular complexity index is 72.8. The van der Waals surface area contributed by atoms with Gasteiger partial charge in [0, 0.05) is 13.2 Å². The van der Waals surface area contributed by atoms with Gasteiger partial charge in [-0.25, -0.2) is 0 Å². The summed E-state index contributed by atoms with van der Waals surface area (Å²) in [5.74, 6) is 0. The molecule has 0 saturated heterocycles. The molecule has 62 valence electrons. The molecule has 0 rings (SSSR count). The highest BCUT2D eigenvalue weighted by atomic mass is 28.2. The van der Waals surface area contributed by atoms with Crippen molar-refractivity contribution in [1.82, 2.24) is 0 Å². The molecule has 0 aliphatic heterocycles. The van der Waals surface area contributed by atoms with Crippen LogP contribution in [0.25, 0.3) is 0 Å². The van der Waals surface area contributed by atoms with Crippen LogP contribution in [0.1, 0.15) is 12.8 Å². The van der Waals surface area contributed by atoms with Crippen molar-refractivity contribution in [3.63, 3.8) is 0 Å². The summed E-state index contributed by atoms with van der Waals surface area (Å²) >= 11 is 0. The van der Waals surface area contributed by atoms with E-state index >= 15 is 0 Å². The Morgan fingerprint density at radius 2 is 2.20 bits per heavy atom. The summed E-state index contributed by atoms with van der Waals surface area (Å²) in [5.41, 5.74) is 11.0. The minimum absolute atomic E-state index is 0.259. The Hall–Kier alpha value is 0.0969. The summed E-state index contributed by atoms with van der Waals surface area (Å²) in [7, 11) is 1.51. The SMILES string of the molecule is CO[SiH2]CCC(N)CCN. The first-order valence-corrected chi connectivity index (χ1v) is 5.33. The van der Waals surface area contributed by atoms with Gasteiger partial charge in [0.2, 0.25) is 0 Å². The molecule has 0 amide bonds. The van der Waals surface area contributed by atoms with Crippen LogP contribution in [0.5, 0.6) is 0 Å². The van der Waals surface area contributed by atoms with E-state index in [9.17, 15) is 0 Å². The summed E-state index contributed by atoms with van der Waals surface area (Å²) in [6, 6.07) is 1.48. The van der Waals surface area contributed by atoms with E-state index in [0.717, 1.165) is 12.8 Å². The van der Waals surface area contributed by atoms with E-state index in [1.165, 1.54) is 6.04 Å². The van der Waals surface area contributed by atoms with Crippen LogP contribution in [0.3, 0.4) is 0 Å². The van der Waals surface area contributed by atoms with Crippen molar-refractivity contribution < 1.29 is 4.43 Å². The number of hydrogen-bond donors (Lipinski definition) is 2. The van der Waals surface area contributed by atoms with E-state index in [0.29, 0.717) is 12.6 Å². The van der Waals surface area contributed by atoms with E-state index in [-0.39, 0.29) is 9.76 Å². The van der Waals surface area contributed by atoms with Crippen LogP contribution >= 0.6 is 0 Å². The third-order valence-corrected chi connectivity index (χ3v) is 2.57. The fourth-order valence-corrected chi connectivity index (χ4v) is 1.83. The van der Waals surface area contributed by atoms with Crippen molar-refractivity contribution in [2.75, 3.05) is 13.7 Å². The predicted octanol–water partition coefficient (Wildman–Crippen LogP) is -0.799. The summed E-state index contributed by atoms with van der Waals surface area (Å²) in [5, 5.41) is 0. The quantitative estimate of drug-likeness (QED) is 0.397. The van der Waals surface area contributed by atoms with Gasteiger partial charge in [-0.3, -0.25) is 0 Å². The average Bonchev–Trinajstić information content (AvgIpc) is 1.89. The van der Waals surface area contributed by atoms with Crippen LogP contribution in [0.2, 0.25) is 6.04 Å².